The topological polar surface area (TPSA) is 51.4 Å². The quantitative estimate of drug-likeness (QED) is 0.694. The summed E-state index contributed by atoms with van der Waals surface area (Å²) in [4.78, 5) is 6.73. The molecule has 2 aliphatic rings. The van der Waals surface area contributed by atoms with E-state index in [-0.39, 0.29) is 0 Å². The Bertz CT molecular complexity index is 405. The SMILES string of the molecule is Cc1cc(N)nc2c1OC[C@@H]1CCCN21. The number of hydrogen-bond acceptors (Lipinski definition) is 4. The number of nitrogen functional groups attached to an aromatic ring is 1. The Morgan fingerprint density at radius 3 is 3.33 bits per heavy atom. The van der Waals surface area contributed by atoms with Crippen LogP contribution in [0.3, 0.4) is 0 Å². The summed E-state index contributed by atoms with van der Waals surface area (Å²) < 4.78 is 5.76. The molecule has 0 aromatic carbocycles. The molecule has 3 rings (SSSR count). The fourth-order valence-electron chi connectivity index (χ4n) is 2.51. The van der Waals surface area contributed by atoms with Crippen LogP contribution in [0.5, 0.6) is 5.75 Å². The third-order valence-electron chi connectivity index (χ3n) is 3.23. The molecule has 1 aromatic rings. The van der Waals surface area contributed by atoms with Crippen LogP contribution < -0.4 is 15.4 Å². The van der Waals surface area contributed by atoms with Gasteiger partial charge in [0.2, 0.25) is 0 Å². The van der Waals surface area contributed by atoms with Crippen molar-refractivity contribution in [3.8, 4) is 5.75 Å². The van der Waals surface area contributed by atoms with Gasteiger partial charge in [0.15, 0.2) is 11.6 Å². The Morgan fingerprint density at radius 2 is 2.47 bits per heavy atom. The van der Waals surface area contributed by atoms with Crippen LogP contribution in [0.1, 0.15) is 18.4 Å². The molecule has 0 amide bonds. The number of aromatic nitrogens is 1. The number of nitrogens with zero attached hydrogens (tertiary/aromatic N) is 2. The fraction of sp³-hybridized carbons (Fsp3) is 0.545. The van der Waals surface area contributed by atoms with E-state index in [1.807, 2.05) is 13.0 Å². The van der Waals surface area contributed by atoms with Crippen molar-refractivity contribution in [1.82, 2.24) is 4.98 Å². The molecule has 1 aromatic heterocycles. The smallest absolute Gasteiger partial charge is 0.174 e. The molecule has 1 saturated heterocycles. The molecule has 1 fully saturated rings. The van der Waals surface area contributed by atoms with Gasteiger partial charge in [-0.2, -0.15) is 0 Å². The fourth-order valence-corrected chi connectivity index (χ4v) is 2.51. The van der Waals surface area contributed by atoms with Crippen molar-refractivity contribution in [2.24, 2.45) is 0 Å². The molecule has 15 heavy (non-hydrogen) atoms. The minimum Gasteiger partial charge on any atom is -0.487 e. The summed E-state index contributed by atoms with van der Waals surface area (Å²) in [6, 6.07) is 2.38. The summed E-state index contributed by atoms with van der Waals surface area (Å²) >= 11 is 0. The van der Waals surface area contributed by atoms with E-state index >= 15 is 0 Å². The zero-order valence-corrected chi connectivity index (χ0v) is 8.86. The largest absolute Gasteiger partial charge is 0.487 e. The van der Waals surface area contributed by atoms with E-state index in [4.69, 9.17) is 10.5 Å². The van der Waals surface area contributed by atoms with Crippen molar-refractivity contribution in [2.75, 3.05) is 23.8 Å². The summed E-state index contributed by atoms with van der Waals surface area (Å²) in [7, 11) is 0. The molecular weight excluding hydrogens is 190 g/mol. The summed E-state index contributed by atoms with van der Waals surface area (Å²) in [5.74, 6) is 2.45. The molecule has 2 N–H and O–H groups in total. The predicted octanol–water partition coefficient (Wildman–Crippen LogP) is 1.33. The number of fused-ring (bicyclic) bond motifs is 3. The van der Waals surface area contributed by atoms with E-state index in [2.05, 4.69) is 9.88 Å². The maximum Gasteiger partial charge on any atom is 0.174 e. The van der Waals surface area contributed by atoms with Gasteiger partial charge in [0, 0.05) is 6.54 Å². The molecule has 4 nitrogen and oxygen atoms in total. The van der Waals surface area contributed by atoms with Crippen LogP contribution in [-0.4, -0.2) is 24.2 Å². The average molecular weight is 205 g/mol. The van der Waals surface area contributed by atoms with E-state index < -0.39 is 0 Å². The van der Waals surface area contributed by atoms with Gasteiger partial charge in [0.05, 0.1) is 6.04 Å². The molecule has 0 spiro atoms. The summed E-state index contributed by atoms with van der Waals surface area (Å²) in [6.07, 6.45) is 2.43. The third-order valence-corrected chi connectivity index (χ3v) is 3.23. The highest BCUT2D eigenvalue weighted by Gasteiger charge is 2.33. The highest BCUT2D eigenvalue weighted by Crippen LogP contribution is 2.39. The first-order chi connectivity index (χ1) is 7.25. The lowest BCUT2D eigenvalue weighted by Gasteiger charge is -2.33. The van der Waals surface area contributed by atoms with Crippen molar-refractivity contribution >= 4 is 11.6 Å². The number of aryl methyl sites for hydroxylation is 1. The summed E-state index contributed by atoms with van der Waals surface area (Å²) in [6.45, 7) is 3.89. The second-order valence-electron chi connectivity index (χ2n) is 4.32. The van der Waals surface area contributed by atoms with Crippen LogP contribution >= 0.6 is 0 Å². The standard InChI is InChI=1S/C11H15N3O/c1-7-5-9(12)13-11-10(7)15-6-8-3-2-4-14(8)11/h5,8H,2-4,6H2,1H3,(H2,12,13)/t8-/m0/s1. The van der Waals surface area contributed by atoms with E-state index in [0.717, 1.165) is 30.3 Å². The number of hydrogen-bond donors (Lipinski definition) is 1. The lowest BCUT2D eigenvalue weighted by atomic mass is 10.2. The molecule has 0 unspecified atom stereocenters. The highest BCUT2D eigenvalue weighted by atomic mass is 16.5. The number of pyridine rings is 1. The predicted molar refractivity (Wildman–Crippen MR) is 59.2 cm³/mol. The van der Waals surface area contributed by atoms with Crippen molar-refractivity contribution in [3.63, 3.8) is 0 Å². The second-order valence-corrected chi connectivity index (χ2v) is 4.32. The first kappa shape index (κ1) is 8.83. The maximum atomic E-state index is 5.77. The molecule has 4 heteroatoms. The van der Waals surface area contributed by atoms with E-state index in [1.54, 1.807) is 0 Å². The monoisotopic (exact) mass is 205 g/mol. The average Bonchev–Trinajstić information content (AvgIpc) is 2.65. The van der Waals surface area contributed by atoms with Crippen LogP contribution in [-0.2, 0) is 0 Å². The van der Waals surface area contributed by atoms with Gasteiger partial charge in [-0.1, -0.05) is 0 Å². The third kappa shape index (κ3) is 1.24. The normalized spacial score (nSPS) is 23.3. The molecular formula is C11H15N3O. The minimum absolute atomic E-state index is 0.506. The zero-order chi connectivity index (χ0) is 10.4. The lowest BCUT2D eigenvalue weighted by molar-refractivity contribution is 0.268. The van der Waals surface area contributed by atoms with Gasteiger partial charge >= 0.3 is 0 Å². The van der Waals surface area contributed by atoms with Crippen LogP contribution in [0.15, 0.2) is 6.07 Å². The van der Waals surface area contributed by atoms with Gasteiger partial charge < -0.3 is 15.4 Å². The first-order valence-corrected chi connectivity index (χ1v) is 5.42. The molecule has 0 saturated carbocycles. The van der Waals surface area contributed by atoms with Crippen molar-refractivity contribution in [1.29, 1.82) is 0 Å². The Balaban J connectivity index is 2.12. The lowest BCUT2D eigenvalue weighted by Crippen LogP contribution is -2.39. The van der Waals surface area contributed by atoms with Gasteiger partial charge in [-0.15, -0.1) is 0 Å². The van der Waals surface area contributed by atoms with Crippen molar-refractivity contribution in [2.45, 2.75) is 25.8 Å². The van der Waals surface area contributed by atoms with Crippen LogP contribution in [0, 0.1) is 6.92 Å². The van der Waals surface area contributed by atoms with Gasteiger partial charge in [0.1, 0.15) is 12.4 Å². The van der Waals surface area contributed by atoms with E-state index in [1.165, 1.54) is 12.8 Å². The van der Waals surface area contributed by atoms with Crippen molar-refractivity contribution in [3.05, 3.63) is 11.6 Å². The van der Waals surface area contributed by atoms with Gasteiger partial charge in [-0.3, -0.25) is 0 Å². The molecule has 0 bridgehead atoms. The maximum absolute atomic E-state index is 5.77. The first-order valence-electron chi connectivity index (χ1n) is 5.42. The number of anilines is 2. The number of nitrogens with two attached hydrogens (primary N) is 1. The number of ether oxygens (including phenoxy) is 1. The van der Waals surface area contributed by atoms with Crippen LogP contribution in [0.4, 0.5) is 11.6 Å². The van der Waals surface area contributed by atoms with E-state index in [0.29, 0.717) is 11.9 Å². The zero-order valence-electron chi connectivity index (χ0n) is 8.86. The Kier molecular flexibility index (Phi) is 1.78. The van der Waals surface area contributed by atoms with Crippen LogP contribution in [0.25, 0.3) is 0 Å². The molecule has 1 atom stereocenters. The molecule has 3 heterocycles. The highest BCUT2D eigenvalue weighted by molar-refractivity contribution is 5.62. The Morgan fingerprint density at radius 1 is 1.60 bits per heavy atom. The van der Waals surface area contributed by atoms with Crippen molar-refractivity contribution < 1.29 is 4.74 Å². The molecule has 0 aliphatic carbocycles. The van der Waals surface area contributed by atoms with E-state index in [9.17, 15) is 0 Å². The van der Waals surface area contributed by atoms with Crippen LogP contribution in [0.2, 0.25) is 0 Å². The molecule has 80 valence electrons. The summed E-state index contributed by atoms with van der Waals surface area (Å²) in [5, 5.41) is 0. The number of rotatable bonds is 0. The van der Waals surface area contributed by atoms with Gasteiger partial charge in [-0.25, -0.2) is 4.98 Å². The Hall–Kier alpha value is -1.45. The minimum atomic E-state index is 0.506. The summed E-state index contributed by atoms with van der Waals surface area (Å²) in [5.41, 5.74) is 6.86. The van der Waals surface area contributed by atoms with Gasteiger partial charge in [-0.05, 0) is 31.4 Å². The van der Waals surface area contributed by atoms with Gasteiger partial charge in [0.25, 0.3) is 0 Å². The Labute approximate surface area is 89.0 Å². The molecule has 0 radical (unpaired) electrons. The second kappa shape index (κ2) is 3.02. The molecule has 2 aliphatic heterocycles.